The Morgan fingerprint density at radius 2 is 2.15 bits per heavy atom. The van der Waals surface area contributed by atoms with Crippen molar-refractivity contribution in [3.63, 3.8) is 0 Å². The third kappa shape index (κ3) is 2.45. The fourth-order valence-corrected chi connectivity index (χ4v) is 1.67. The number of benzene rings is 1. The van der Waals surface area contributed by atoms with Crippen molar-refractivity contribution in [2.24, 2.45) is 5.84 Å². The highest BCUT2D eigenvalue weighted by Gasteiger charge is 2.18. The van der Waals surface area contributed by atoms with Crippen LogP contribution < -0.4 is 16.0 Å². The summed E-state index contributed by atoms with van der Waals surface area (Å²) in [7, 11) is 1.35. The van der Waals surface area contributed by atoms with E-state index in [1.165, 1.54) is 31.4 Å². The molecule has 2 rings (SSSR count). The van der Waals surface area contributed by atoms with Crippen LogP contribution in [0.3, 0.4) is 0 Å². The number of hydrazine groups is 1. The maximum absolute atomic E-state index is 11.3. The minimum Gasteiger partial charge on any atom is -0.490 e. The molecule has 0 bridgehead atoms. The number of rotatable bonds is 4. The van der Waals surface area contributed by atoms with Gasteiger partial charge in [0.25, 0.3) is 0 Å². The topological polar surface area (TPSA) is 121 Å². The van der Waals surface area contributed by atoms with Gasteiger partial charge in [-0.2, -0.15) is 0 Å². The quantitative estimate of drug-likeness (QED) is 0.378. The lowest BCUT2D eigenvalue weighted by atomic mass is 10.1. The highest BCUT2D eigenvalue weighted by atomic mass is 16.6. The molecule has 8 nitrogen and oxygen atoms in total. The second-order valence-corrected chi connectivity index (χ2v) is 3.78. The second-order valence-electron chi connectivity index (χ2n) is 3.78. The molecule has 1 heterocycles. The first-order valence-electron chi connectivity index (χ1n) is 5.50. The Kier molecular flexibility index (Phi) is 3.67. The summed E-state index contributed by atoms with van der Waals surface area (Å²) in [5.74, 6) is 4.88. The smallest absolute Gasteiger partial charge is 0.311 e. The van der Waals surface area contributed by atoms with Crippen LogP contribution in [0.5, 0.6) is 5.75 Å². The van der Waals surface area contributed by atoms with Crippen LogP contribution in [0.4, 0.5) is 5.69 Å². The minimum atomic E-state index is -0.584. The second kappa shape index (κ2) is 5.41. The van der Waals surface area contributed by atoms with Gasteiger partial charge >= 0.3 is 11.6 Å². The van der Waals surface area contributed by atoms with Gasteiger partial charge in [0.1, 0.15) is 5.76 Å². The van der Waals surface area contributed by atoms with Gasteiger partial charge < -0.3 is 9.15 Å². The van der Waals surface area contributed by atoms with Crippen LogP contribution in [0.1, 0.15) is 10.6 Å². The zero-order valence-corrected chi connectivity index (χ0v) is 10.5. The van der Waals surface area contributed by atoms with Gasteiger partial charge in [0.05, 0.1) is 12.0 Å². The van der Waals surface area contributed by atoms with E-state index in [-0.39, 0.29) is 17.2 Å². The number of nitro groups is 1. The molecule has 1 aromatic carbocycles. The van der Waals surface area contributed by atoms with E-state index in [2.05, 4.69) is 0 Å². The van der Waals surface area contributed by atoms with E-state index in [1.807, 2.05) is 5.43 Å². The molecule has 1 aromatic heterocycles. The first kappa shape index (κ1) is 13.6. The summed E-state index contributed by atoms with van der Waals surface area (Å²) in [6, 6.07) is 7.30. The van der Waals surface area contributed by atoms with Crippen molar-refractivity contribution in [3.05, 3.63) is 46.2 Å². The molecular weight excluding hydrogens is 266 g/mol. The van der Waals surface area contributed by atoms with Gasteiger partial charge in [0.15, 0.2) is 11.5 Å². The van der Waals surface area contributed by atoms with Crippen LogP contribution in [-0.4, -0.2) is 17.9 Å². The number of nitrogen functional groups attached to an aromatic ring is 1. The predicted octanol–water partition coefficient (Wildman–Crippen LogP) is 1.47. The molecule has 0 spiro atoms. The number of ether oxygens (including phenoxy) is 1. The van der Waals surface area contributed by atoms with Crippen molar-refractivity contribution < 1.29 is 18.9 Å². The number of nitro benzene ring substituents is 1. The summed E-state index contributed by atoms with van der Waals surface area (Å²) in [5, 5.41) is 10.9. The molecule has 0 saturated carbocycles. The molecule has 0 aliphatic heterocycles. The zero-order valence-electron chi connectivity index (χ0n) is 10.5. The molecule has 8 heteroatoms. The minimum absolute atomic E-state index is 0.0148. The Labute approximate surface area is 113 Å². The lowest BCUT2D eigenvalue weighted by Crippen LogP contribution is -2.29. The molecule has 0 fully saturated rings. The maximum Gasteiger partial charge on any atom is 0.311 e. The van der Waals surface area contributed by atoms with E-state index in [4.69, 9.17) is 15.0 Å². The van der Waals surface area contributed by atoms with Gasteiger partial charge in [-0.15, -0.1) is 0 Å². The number of nitrogens with one attached hydrogen (secondary N) is 1. The third-order valence-electron chi connectivity index (χ3n) is 2.62. The third-order valence-corrected chi connectivity index (χ3v) is 2.62. The molecular formula is C12H11N3O5. The summed E-state index contributed by atoms with van der Waals surface area (Å²) in [6.45, 7) is 0. The number of carbonyl (C=O) groups excluding carboxylic acids is 1. The van der Waals surface area contributed by atoms with Gasteiger partial charge in [0.2, 0.25) is 0 Å². The summed E-state index contributed by atoms with van der Waals surface area (Å²) in [6.07, 6.45) is 0. The fourth-order valence-electron chi connectivity index (χ4n) is 1.67. The summed E-state index contributed by atoms with van der Waals surface area (Å²) >= 11 is 0. The zero-order chi connectivity index (χ0) is 14.7. The van der Waals surface area contributed by atoms with Crippen LogP contribution in [0.25, 0.3) is 11.3 Å². The maximum atomic E-state index is 11.3. The Morgan fingerprint density at radius 1 is 1.40 bits per heavy atom. The van der Waals surface area contributed by atoms with Gasteiger partial charge in [-0.3, -0.25) is 20.3 Å². The molecule has 0 atom stereocenters. The summed E-state index contributed by atoms with van der Waals surface area (Å²) in [4.78, 5) is 21.7. The summed E-state index contributed by atoms with van der Waals surface area (Å²) in [5.41, 5.74) is 2.20. The van der Waals surface area contributed by atoms with Crippen molar-refractivity contribution >= 4 is 11.6 Å². The first-order valence-corrected chi connectivity index (χ1v) is 5.50. The molecule has 20 heavy (non-hydrogen) atoms. The average Bonchev–Trinajstić information content (AvgIpc) is 2.95. The highest BCUT2D eigenvalue weighted by molar-refractivity contribution is 5.91. The molecule has 1 amide bonds. The average molecular weight is 277 g/mol. The Hall–Kier alpha value is -2.87. The number of hydrogen-bond acceptors (Lipinski definition) is 6. The molecule has 0 saturated heterocycles. The van der Waals surface area contributed by atoms with Crippen molar-refractivity contribution in [2.75, 3.05) is 7.11 Å². The monoisotopic (exact) mass is 277 g/mol. The van der Waals surface area contributed by atoms with Crippen LogP contribution in [0, 0.1) is 10.1 Å². The summed E-state index contributed by atoms with van der Waals surface area (Å²) < 4.78 is 10.2. The number of nitrogens with zero attached hydrogens (tertiary/aromatic N) is 1. The number of hydrogen-bond donors (Lipinski definition) is 2. The first-order chi connectivity index (χ1) is 9.56. The number of nitrogens with two attached hydrogens (primary N) is 1. The molecule has 0 aliphatic carbocycles. The standard InChI is InChI=1S/C12H11N3O5/c1-19-10-3-2-7(6-8(10)15(17)18)9-4-5-11(20-9)12(16)14-13/h2-6H,13H2,1H3,(H,14,16). The number of carbonyl (C=O) groups is 1. The predicted molar refractivity (Wildman–Crippen MR) is 69.0 cm³/mol. The van der Waals surface area contributed by atoms with Crippen molar-refractivity contribution in [3.8, 4) is 17.1 Å². The van der Waals surface area contributed by atoms with E-state index in [0.717, 1.165) is 0 Å². The van der Waals surface area contributed by atoms with Crippen LogP contribution in [0.15, 0.2) is 34.7 Å². The van der Waals surface area contributed by atoms with Gasteiger partial charge in [0, 0.05) is 11.6 Å². The van der Waals surface area contributed by atoms with Crippen LogP contribution >= 0.6 is 0 Å². The van der Waals surface area contributed by atoms with E-state index in [0.29, 0.717) is 11.3 Å². The largest absolute Gasteiger partial charge is 0.490 e. The molecule has 104 valence electrons. The normalized spacial score (nSPS) is 10.1. The van der Waals surface area contributed by atoms with Crippen molar-refractivity contribution in [1.82, 2.24) is 5.43 Å². The molecule has 0 aliphatic rings. The number of furan rings is 1. The van der Waals surface area contributed by atoms with Crippen LogP contribution in [-0.2, 0) is 0 Å². The van der Waals surface area contributed by atoms with Crippen molar-refractivity contribution in [1.29, 1.82) is 0 Å². The van der Waals surface area contributed by atoms with E-state index in [1.54, 1.807) is 6.07 Å². The van der Waals surface area contributed by atoms with E-state index < -0.39 is 10.8 Å². The Balaban J connectivity index is 2.43. The van der Waals surface area contributed by atoms with Crippen molar-refractivity contribution in [2.45, 2.75) is 0 Å². The van der Waals surface area contributed by atoms with E-state index in [9.17, 15) is 14.9 Å². The van der Waals surface area contributed by atoms with Crippen LogP contribution in [0.2, 0.25) is 0 Å². The lowest BCUT2D eigenvalue weighted by Gasteiger charge is -2.03. The Morgan fingerprint density at radius 3 is 2.75 bits per heavy atom. The van der Waals surface area contributed by atoms with Gasteiger partial charge in [-0.25, -0.2) is 5.84 Å². The van der Waals surface area contributed by atoms with Gasteiger partial charge in [-0.1, -0.05) is 0 Å². The lowest BCUT2D eigenvalue weighted by molar-refractivity contribution is -0.385. The Bertz CT molecular complexity index is 665. The molecule has 3 N–H and O–H groups in total. The molecule has 2 aromatic rings. The number of amides is 1. The number of methoxy groups -OCH3 is 1. The molecule has 0 unspecified atom stereocenters. The highest BCUT2D eigenvalue weighted by Crippen LogP contribution is 2.32. The molecule has 0 radical (unpaired) electrons. The van der Waals surface area contributed by atoms with E-state index >= 15 is 0 Å². The van der Waals surface area contributed by atoms with Gasteiger partial charge in [-0.05, 0) is 24.3 Å². The fraction of sp³-hybridized carbons (Fsp3) is 0.0833. The SMILES string of the molecule is COc1ccc(-c2ccc(C(=O)NN)o2)cc1[N+](=O)[O-].